The predicted molar refractivity (Wildman–Crippen MR) is 93.6 cm³/mol. The number of methoxy groups -OCH3 is 1. The molecule has 0 unspecified atom stereocenters. The fraction of sp³-hybridized carbons (Fsp3) is 0.350. The van der Waals surface area contributed by atoms with Crippen LogP contribution in [0.1, 0.15) is 24.0 Å². The van der Waals surface area contributed by atoms with Gasteiger partial charge in [-0.25, -0.2) is 0 Å². The first-order valence-electron chi connectivity index (χ1n) is 8.22. The summed E-state index contributed by atoms with van der Waals surface area (Å²) >= 11 is 0. The van der Waals surface area contributed by atoms with Gasteiger partial charge in [0.15, 0.2) is 6.61 Å². The number of hydrogen-bond donors (Lipinski definition) is 1. The predicted octanol–water partition coefficient (Wildman–Crippen LogP) is 3.23. The number of benzene rings is 2. The standard InChI is InChI=1S/C20H23NO3/c1-15-3-7-18(8-4-15)24-13-19(22)21-14-20(11-12-20)16-5-9-17(23-2)10-6-16/h3-10H,11-14H2,1-2H3,(H,21,22). The highest BCUT2D eigenvalue weighted by Gasteiger charge is 2.44. The van der Waals surface area contributed by atoms with Crippen LogP contribution in [0, 0.1) is 6.92 Å². The second-order valence-electron chi connectivity index (χ2n) is 6.39. The molecule has 1 fully saturated rings. The summed E-state index contributed by atoms with van der Waals surface area (Å²) in [6.07, 6.45) is 2.19. The Morgan fingerprint density at radius 1 is 1.04 bits per heavy atom. The van der Waals surface area contributed by atoms with Crippen LogP contribution in [0.15, 0.2) is 48.5 Å². The minimum absolute atomic E-state index is 0.0434. The maximum Gasteiger partial charge on any atom is 0.257 e. The number of nitrogens with one attached hydrogen (secondary N) is 1. The van der Waals surface area contributed by atoms with E-state index in [0.29, 0.717) is 12.3 Å². The topological polar surface area (TPSA) is 47.6 Å². The highest BCUT2D eigenvalue weighted by atomic mass is 16.5. The van der Waals surface area contributed by atoms with Crippen molar-refractivity contribution in [2.75, 3.05) is 20.3 Å². The molecule has 0 radical (unpaired) electrons. The summed E-state index contributed by atoms with van der Waals surface area (Å²) < 4.78 is 10.7. The second-order valence-corrected chi connectivity index (χ2v) is 6.39. The lowest BCUT2D eigenvalue weighted by molar-refractivity contribution is -0.123. The fourth-order valence-electron chi connectivity index (χ4n) is 2.77. The fourth-order valence-corrected chi connectivity index (χ4v) is 2.77. The third-order valence-electron chi connectivity index (χ3n) is 4.57. The van der Waals surface area contributed by atoms with Gasteiger partial charge in [0.05, 0.1) is 7.11 Å². The Balaban J connectivity index is 1.49. The number of aryl methyl sites for hydroxylation is 1. The Morgan fingerprint density at radius 2 is 1.67 bits per heavy atom. The maximum absolute atomic E-state index is 12.0. The van der Waals surface area contributed by atoms with Crippen LogP contribution in [-0.4, -0.2) is 26.2 Å². The quantitative estimate of drug-likeness (QED) is 0.850. The van der Waals surface area contributed by atoms with Crippen molar-refractivity contribution in [1.82, 2.24) is 5.32 Å². The number of carbonyl (C=O) groups is 1. The van der Waals surface area contributed by atoms with Gasteiger partial charge in [-0.05, 0) is 49.6 Å². The maximum atomic E-state index is 12.0. The van der Waals surface area contributed by atoms with E-state index in [0.717, 1.165) is 18.6 Å². The highest BCUT2D eigenvalue weighted by molar-refractivity contribution is 5.77. The molecule has 2 aromatic carbocycles. The SMILES string of the molecule is COc1ccc(C2(CNC(=O)COc3ccc(C)cc3)CC2)cc1. The molecule has 4 heteroatoms. The molecule has 0 saturated heterocycles. The van der Waals surface area contributed by atoms with Gasteiger partial charge in [-0.15, -0.1) is 0 Å². The molecule has 0 aromatic heterocycles. The average molecular weight is 325 g/mol. The molecule has 1 amide bonds. The van der Waals surface area contributed by atoms with E-state index in [1.165, 1.54) is 11.1 Å². The zero-order valence-corrected chi connectivity index (χ0v) is 14.2. The molecule has 1 aliphatic rings. The molecule has 3 rings (SSSR count). The number of carbonyl (C=O) groups excluding carboxylic acids is 1. The lowest BCUT2D eigenvalue weighted by Crippen LogP contribution is -2.35. The smallest absolute Gasteiger partial charge is 0.257 e. The normalized spacial score (nSPS) is 14.8. The third kappa shape index (κ3) is 3.88. The molecule has 1 saturated carbocycles. The molecule has 0 atom stereocenters. The van der Waals surface area contributed by atoms with Crippen molar-refractivity contribution in [2.24, 2.45) is 0 Å². The Hall–Kier alpha value is -2.49. The van der Waals surface area contributed by atoms with E-state index in [1.54, 1.807) is 7.11 Å². The minimum atomic E-state index is -0.0876. The Kier molecular flexibility index (Phi) is 4.74. The van der Waals surface area contributed by atoms with Crippen LogP contribution >= 0.6 is 0 Å². The van der Waals surface area contributed by atoms with Crippen molar-refractivity contribution in [3.05, 3.63) is 59.7 Å². The average Bonchev–Trinajstić information content (AvgIpc) is 3.41. The first kappa shape index (κ1) is 16.4. The summed E-state index contributed by atoms with van der Waals surface area (Å²) in [7, 11) is 1.66. The van der Waals surface area contributed by atoms with Crippen molar-refractivity contribution in [2.45, 2.75) is 25.2 Å². The van der Waals surface area contributed by atoms with Crippen molar-refractivity contribution in [1.29, 1.82) is 0 Å². The van der Waals surface area contributed by atoms with E-state index >= 15 is 0 Å². The van der Waals surface area contributed by atoms with Gasteiger partial charge in [-0.1, -0.05) is 29.8 Å². The molecule has 0 heterocycles. The van der Waals surface area contributed by atoms with Crippen molar-refractivity contribution in [3.63, 3.8) is 0 Å². The largest absolute Gasteiger partial charge is 0.497 e. The highest BCUT2D eigenvalue weighted by Crippen LogP contribution is 2.47. The van der Waals surface area contributed by atoms with E-state index in [4.69, 9.17) is 9.47 Å². The molecule has 126 valence electrons. The van der Waals surface area contributed by atoms with E-state index in [-0.39, 0.29) is 17.9 Å². The lowest BCUT2D eigenvalue weighted by Gasteiger charge is -2.17. The summed E-state index contributed by atoms with van der Waals surface area (Å²) in [6.45, 7) is 2.71. The van der Waals surface area contributed by atoms with Gasteiger partial charge in [0.25, 0.3) is 5.91 Å². The van der Waals surface area contributed by atoms with E-state index in [1.807, 2.05) is 43.3 Å². The van der Waals surface area contributed by atoms with Crippen molar-refractivity contribution >= 4 is 5.91 Å². The van der Waals surface area contributed by atoms with Crippen molar-refractivity contribution < 1.29 is 14.3 Å². The van der Waals surface area contributed by atoms with Crippen LogP contribution in [0.3, 0.4) is 0 Å². The van der Waals surface area contributed by atoms with E-state index in [9.17, 15) is 4.79 Å². The number of ether oxygens (including phenoxy) is 2. The summed E-state index contributed by atoms with van der Waals surface area (Å²) in [5, 5.41) is 3.00. The molecular formula is C20H23NO3. The van der Waals surface area contributed by atoms with Crippen LogP contribution in [0.2, 0.25) is 0 Å². The summed E-state index contributed by atoms with van der Waals surface area (Å²) in [6, 6.07) is 15.8. The zero-order valence-electron chi connectivity index (χ0n) is 14.2. The van der Waals surface area contributed by atoms with Crippen LogP contribution < -0.4 is 14.8 Å². The molecule has 1 N–H and O–H groups in total. The van der Waals surface area contributed by atoms with Crippen LogP contribution in [0.5, 0.6) is 11.5 Å². The van der Waals surface area contributed by atoms with Gasteiger partial charge >= 0.3 is 0 Å². The second kappa shape index (κ2) is 6.95. The van der Waals surface area contributed by atoms with Gasteiger partial charge in [0.1, 0.15) is 11.5 Å². The van der Waals surface area contributed by atoms with Crippen molar-refractivity contribution in [3.8, 4) is 11.5 Å². The monoisotopic (exact) mass is 325 g/mol. The minimum Gasteiger partial charge on any atom is -0.497 e. The Labute approximate surface area is 142 Å². The molecular weight excluding hydrogens is 302 g/mol. The van der Waals surface area contributed by atoms with Crippen LogP contribution in [-0.2, 0) is 10.2 Å². The van der Waals surface area contributed by atoms with Crippen LogP contribution in [0.25, 0.3) is 0 Å². The zero-order chi connectivity index (χ0) is 17.0. The van der Waals surface area contributed by atoms with E-state index < -0.39 is 0 Å². The summed E-state index contributed by atoms with van der Waals surface area (Å²) in [4.78, 5) is 12.0. The molecule has 0 aliphatic heterocycles. The van der Waals surface area contributed by atoms with Gasteiger partial charge in [0, 0.05) is 12.0 Å². The molecule has 2 aromatic rings. The molecule has 0 spiro atoms. The first-order chi connectivity index (χ1) is 11.6. The molecule has 0 bridgehead atoms. The Bertz CT molecular complexity index is 688. The van der Waals surface area contributed by atoms with Gasteiger partial charge < -0.3 is 14.8 Å². The lowest BCUT2D eigenvalue weighted by atomic mass is 9.96. The van der Waals surface area contributed by atoms with Gasteiger partial charge in [-0.3, -0.25) is 4.79 Å². The Morgan fingerprint density at radius 3 is 2.25 bits per heavy atom. The van der Waals surface area contributed by atoms with Crippen LogP contribution in [0.4, 0.5) is 0 Å². The summed E-state index contributed by atoms with van der Waals surface area (Å²) in [5.41, 5.74) is 2.50. The number of hydrogen-bond acceptors (Lipinski definition) is 3. The number of amides is 1. The first-order valence-corrected chi connectivity index (χ1v) is 8.22. The third-order valence-corrected chi connectivity index (χ3v) is 4.57. The molecule has 4 nitrogen and oxygen atoms in total. The van der Waals surface area contributed by atoms with Gasteiger partial charge in [-0.2, -0.15) is 0 Å². The van der Waals surface area contributed by atoms with E-state index in [2.05, 4.69) is 17.4 Å². The summed E-state index contributed by atoms with van der Waals surface area (Å²) in [5.74, 6) is 1.48. The number of rotatable bonds is 7. The van der Waals surface area contributed by atoms with Gasteiger partial charge in [0.2, 0.25) is 0 Å². The molecule has 1 aliphatic carbocycles. The molecule has 24 heavy (non-hydrogen) atoms.